The van der Waals surface area contributed by atoms with Crippen LogP contribution in [0.5, 0.6) is 0 Å². The van der Waals surface area contributed by atoms with Crippen LogP contribution in [0.3, 0.4) is 0 Å². The SMILES string of the molecule is O=C(N1C[C@@H]2C[C@H]1CN2c1ncc(F)cn1)C1(C(F)(F)F)CCCCC1. The van der Waals surface area contributed by atoms with Crippen LogP contribution in [-0.4, -0.2) is 52.1 Å². The van der Waals surface area contributed by atoms with E-state index >= 15 is 0 Å². The summed E-state index contributed by atoms with van der Waals surface area (Å²) in [5.41, 5.74) is -2.23. The second-order valence-corrected chi connectivity index (χ2v) is 7.50. The Morgan fingerprint density at radius 1 is 1.08 bits per heavy atom. The number of likely N-dealkylation sites (tertiary alicyclic amines) is 1. The summed E-state index contributed by atoms with van der Waals surface area (Å²) in [4.78, 5) is 24.1. The maximum absolute atomic E-state index is 13.8. The quantitative estimate of drug-likeness (QED) is 0.749. The lowest BCUT2D eigenvalue weighted by Gasteiger charge is -2.43. The van der Waals surface area contributed by atoms with E-state index in [-0.39, 0.29) is 31.5 Å². The highest BCUT2D eigenvalue weighted by Crippen LogP contribution is 2.51. The van der Waals surface area contributed by atoms with Crippen LogP contribution in [0.4, 0.5) is 23.5 Å². The van der Waals surface area contributed by atoms with Crippen LogP contribution < -0.4 is 4.90 Å². The minimum absolute atomic E-state index is 0.117. The summed E-state index contributed by atoms with van der Waals surface area (Å²) in [5, 5.41) is 0. The van der Waals surface area contributed by atoms with Gasteiger partial charge in [0, 0.05) is 13.1 Å². The average Bonchev–Trinajstić information content (AvgIpc) is 3.22. The van der Waals surface area contributed by atoms with Gasteiger partial charge in [-0.2, -0.15) is 13.2 Å². The summed E-state index contributed by atoms with van der Waals surface area (Å²) in [7, 11) is 0. The minimum atomic E-state index is -4.52. The predicted molar refractivity (Wildman–Crippen MR) is 84.8 cm³/mol. The highest BCUT2D eigenvalue weighted by atomic mass is 19.4. The fourth-order valence-electron chi connectivity index (χ4n) is 4.66. The van der Waals surface area contributed by atoms with Gasteiger partial charge in [0.05, 0.1) is 24.5 Å². The van der Waals surface area contributed by atoms with Crippen LogP contribution in [0.15, 0.2) is 12.4 Å². The van der Waals surface area contributed by atoms with Crippen molar-refractivity contribution in [3.8, 4) is 0 Å². The summed E-state index contributed by atoms with van der Waals surface area (Å²) in [5.74, 6) is -0.953. The van der Waals surface area contributed by atoms with Crippen molar-refractivity contribution in [1.82, 2.24) is 14.9 Å². The molecule has 2 saturated heterocycles. The smallest absolute Gasteiger partial charge is 0.335 e. The number of piperazine rings is 1. The maximum atomic E-state index is 13.8. The lowest BCUT2D eigenvalue weighted by Crippen LogP contribution is -2.58. The first kappa shape index (κ1) is 17.5. The molecule has 0 N–H and O–H groups in total. The summed E-state index contributed by atoms with van der Waals surface area (Å²) >= 11 is 0. The molecular weight excluding hydrogens is 352 g/mol. The summed E-state index contributed by atoms with van der Waals surface area (Å²) in [6, 6.07) is -0.398. The molecule has 0 aromatic carbocycles. The summed E-state index contributed by atoms with van der Waals surface area (Å²) < 4.78 is 54.4. The van der Waals surface area contributed by atoms with Gasteiger partial charge in [0.15, 0.2) is 5.82 Å². The van der Waals surface area contributed by atoms with E-state index in [4.69, 9.17) is 0 Å². The Labute approximate surface area is 148 Å². The normalized spacial score (nSPS) is 27.8. The molecule has 26 heavy (non-hydrogen) atoms. The van der Waals surface area contributed by atoms with E-state index in [0.717, 1.165) is 18.8 Å². The largest absolute Gasteiger partial charge is 0.403 e. The Morgan fingerprint density at radius 2 is 1.73 bits per heavy atom. The number of carbonyl (C=O) groups excluding carboxylic acids is 1. The molecule has 0 spiro atoms. The van der Waals surface area contributed by atoms with Crippen molar-refractivity contribution in [3.05, 3.63) is 18.2 Å². The Bertz CT molecular complexity index is 687. The first-order valence-electron chi connectivity index (χ1n) is 8.94. The Balaban J connectivity index is 1.52. The molecule has 9 heteroatoms. The molecule has 0 unspecified atom stereocenters. The van der Waals surface area contributed by atoms with E-state index in [1.54, 1.807) is 0 Å². The lowest BCUT2D eigenvalue weighted by atomic mass is 9.72. The van der Waals surface area contributed by atoms with E-state index < -0.39 is 23.3 Å². The molecule has 3 aliphatic rings. The minimum Gasteiger partial charge on any atom is -0.335 e. The van der Waals surface area contributed by atoms with E-state index in [9.17, 15) is 22.4 Å². The number of hydrogen-bond donors (Lipinski definition) is 0. The zero-order valence-electron chi connectivity index (χ0n) is 14.2. The molecule has 1 aromatic heterocycles. The van der Waals surface area contributed by atoms with E-state index in [1.807, 2.05) is 4.90 Å². The van der Waals surface area contributed by atoms with E-state index in [2.05, 4.69) is 9.97 Å². The monoisotopic (exact) mass is 372 g/mol. The fraction of sp³-hybridized carbons (Fsp3) is 0.706. The molecule has 3 heterocycles. The highest BCUT2D eigenvalue weighted by Gasteiger charge is 2.63. The number of aromatic nitrogens is 2. The molecule has 4 rings (SSSR count). The van der Waals surface area contributed by atoms with Gasteiger partial charge in [0.2, 0.25) is 11.9 Å². The zero-order chi connectivity index (χ0) is 18.5. The lowest BCUT2D eigenvalue weighted by molar-refractivity contribution is -0.236. The molecule has 2 atom stereocenters. The van der Waals surface area contributed by atoms with Crippen molar-refractivity contribution < 1.29 is 22.4 Å². The number of amides is 1. The second-order valence-electron chi connectivity index (χ2n) is 7.50. The van der Waals surface area contributed by atoms with Crippen molar-refractivity contribution >= 4 is 11.9 Å². The number of hydrogen-bond acceptors (Lipinski definition) is 4. The molecule has 2 aliphatic heterocycles. The molecule has 3 fully saturated rings. The van der Waals surface area contributed by atoms with E-state index in [0.29, 0.717) is 31.8 Å². The molecule has 1 amide bonds. The number of fused-ring (bicyclic) bond motifs is 2. The van der Waals surface area contributed by atoms with Crippen molar-refractivity contribution in [2.75, 3.05) is 18.0 Å². The third-order valence-electron chi connectivity index (χ3n) is 6.02. The molecule has 1 saturated carbocycles. The standard InChI is InChI=1S/C17H20F4N4O/c18-11-7-22-15(23-8-11)25-10-12-6-13(25)9-24(12)14(26)16(17(19,20)21)4-2-1-3-5-16/h7-8,12-13H,1-6,9-10H2/t12-,13-/m0/s1. The number of halogens is 4. The summed E-state index contributed by atoms with van der Waals surface area (Å²) in [6.45, 7) is 0.623. The topological polar surface area (TPSA) is 49.3 Å². The van der Waals surface area contributed by atoms with Crippen LogP contribution in [0, 0.1) is 11.2 Å². The number of anilines is 1. The van der Waals surface area contributed by atoms with E-state index in [1.165, 1.54) is 4.90 Å². The molecule has 0 radical (unpaired) electrons. The van der Waals surface area contributed by atoms with Crippen molar-refractivity contribution in [3.63, 3.8) is 0 Å². The maximum Gasteiger partial charge on any atom is 0.403 e. The van der Waals surface area contributed by atoms with Crippen LogP contribution in [0.1, 0.15) is 38.5 Å². The molecule has 5 nitrogen and oxygen atoms in total. The van der Waals surface area contributed by atoms with Gasteiger partial charge in [0.1, 0.15) is 5.41 Å². The van der Waals surface area contributed by atoms with Crippen molar-refractivity contribution in [1.29, 1.82) is 0 Å². The van der Waals surface area contributed by atoms with Crippen LogP contribution in [0.2, 0.25) is 0 Å². The molecule has 142 valence electrons. The van der Waals surface area contributed by atoms with Gasteiger partial charge in [-0.05, 0) is 19.3 Å². The third-order valence-corrected chi connectivity index (χ3v) is 6.02. The first-order valence-corrected chi connectivity index (χ1v) is 8.94. The molecule has 1 aromatic rings. The van der Waals surface area contributed by atoms with Gasteiger partial charge in [-0.15, -0.1) is 0 Å². The van der Waals surface area contributed by atoms with Gasteiger partial charge >= 0.3 is 6.18 Å². The van der Waals surface area contributed by atoms with Gasteiger partial charge < -0.3 is 9.80 Å². The number of nitrogens with zero attached hydrogens (tertiary/aromatic N) is 4. The Morgan fingerprint density at radius 3 is 2.27 bits per heavy atom. The third kappa shape index (κ3) is 2.63. The van der Waals surface area contributed by atoms with Gasteiger partial charge in [-0.1, -0.05) is 19.3 Å². The van der Waals surface area contributed by atoms with Crippen molar-refractivity contribution in [2.45, 2.75) is 56.8 Å². The van der Waals surface area contributed by atoms with Gasteiger partial charge in [-0.3, -0.25) is 4.79 Å². The number of carbonyl (C=O) groups is 1. The molecule has 2 bridgehead atoms. The fourth-order valence-corrected chi connectivity index (χ4v) is 4.66. The number of alkyl halides is 3. The Kier molecular flexibility index (Phi) is 4.07. The van der Waals surface area contributed by atoms with Crippen LogP contribution in [0.25, 0.3) is 0 Å². The zero-order valence-corrected chi connectivity index (χ0v) is 14.2. The molecule has 1 aliphatic carbocycles. The average molecular weight is 372 g/mol. The van der Waals surface area contributed by atoms with Gasteiger partial charge in [-0.25, -0.2) is 14.4 Å². The van der Waals surface area contributed by atoms with Crippen LogP contribution in [-0.2, 0) is 4.79 Å². The number of rotatable bonds is 2. The van der Waals surface area contributed by atoms with Gasteiger partial charge in [0.25, 0.3) is 0 Å². The van der Waals surface area contributed by atoms with Crippen molar-refractivity contribution in [2.24, 2.45) is 5.41 Å². The Hall–Kier alpha value is -1.93. The highest BCUT2D eigenvalue weighted by molar-refractivity contribution is 5.85. The predicted octanol–water partition coefficient (Wildman–Crippen LogP) is 2.92. The summed E-state index contributed by atoms with van der Waals surface area (Å²) in [6.07, 6.45) is -0.414. The first-order chi connectivity index (χ1) is 12.3. The molecular formula is C17H20F4N4O. The second kappa shape index (κ2) is 6.06. The van der Waals surface area contributed by atoms with Crippen LogP contribution >= 0.6 is 0 Å².